The van der Waals surface area contributed by atoms with Crippen LogP contribution in [0.2, 0.25) is 0 Å². The molecule has 0 aliphatic carbocycles. The van der Waals surface area contributed by atoms with E-state index in [1.165, 1.54) is 13.0 Å². The summed E-state index contributed by atoms with van der Waals surface area (Å²) in [6.45, 7) is 11.1. The standard InChI is InChI=1S/C16H30N2O3/c1-4-7-17-12-15-14(17)5-8-18(15)16(19)6-9-20-10-11-21-13(2)3/h13-15H,4-12H2,1-3H3. The molecule has 0 aromatic rings. The molecular weight excluding hydrogens is 268 g/mol. The average Bonchev–Trinajstić information content (AvgIpc) is 2.76. The molecule has 0 N–H and O–H groups in total. The molecule has 5 heteroatoms. The molecule has 122 valence electrons. The van der Waals surface area contributed by atoms with E-state index in [9.17, 15) is 4.79 Å². The van der Waals surface area contributed by atoms with Crippen molar-refractivity contribution in [2.75, 3.05) is 39.5 Å². The minimum absolute atomic E-state index is 0.237. The Kier molecular flexibility index (Phi) is 6.45. The number of likely N-dealkylation sites (tertiary alicyclic amines) is 2. The molecule has 21 heavy (non-hydrogen) atoms. The summed E-state index contributed by atoms with van der Waals surface area (Å²) < 4.78 is 10.9. The summed E-state index contributed by atoms with van der Waals surface area (Å²) in [5.41, 5.74) is 0. The minimum atomic E-state index is 0.237. The number of rotatable bonds is 9. The van der Waals surface area contributed by atoms with Gasteiger partial charge in [-0.15, -0.1) is 0 Å². The van der Waals surface area contributed by atoms with Crippen LogP contribution in [0.3, 0.4) is 0 Å². The number of hydrogen-bond donors (Lipinski definition) is 0. The van der Waals surface area contributed by atoms with Crippen LogP contribution < -0.4 is 0 Å². The molecule has 2 unspecified atom stereocenters. The van der Waals surface area contributed by atoms with E-state index < -0.39 is 0 Å². The lowest BCUT2D eigenvalue weighted by atomic mass is 9.97. The Morgan fingerprint density at radius 3 is 2.76 bits per heavy atom. The van der Waals surface area contributed by atoms with Crippen molar-refractivity contribution in [1.82, 2.24) is 9.80 Å². The third kappa shape index (κ3) is 4.41. The Balaban J connectivity index is 1.58. The maximum atomic E-state index is 12.2. The molecule has 0 bridgehead atoms. The summed E-state index contributed by atoms with van der Waals surface area (Å²) in [6, 6.07) is 1.09. The van der Waals surface area contributed by atoms with Crippen LogP contribution in [-0.2, 0) is 14.3 Å². The van der Waals surface area contributed by atoms with Crippen molar-refractivity contribution in [2.45, 2.75) is 58.2 Å². The van der Waals surface area contributed by atoms with Crippen LogP contribution in [0.15, 0.2) is 0 Å². The molecule has 1 amide bonds. The molecule has 2 saturated heterocycles. The fraction of sp³-hybridized carbons (Fsp3) is 0.938. The first kappa shape index (κ1) is 16.7. The zero-order chi connectivity index (χ0) is 15.2. The van der Waals surface area contributed by atoms with Crippen molar-refractivity contribution >= 4 is 5.91 Å². The number of fused-ring (bicyclic) bond motifs is 1. The lowest BCUT2D eigenvalue weighted by molar-refractivity contribution is -0.136. The largest absolute Gasteiger partial charge is 0.379 e. The van der Waals surface area contributed by atoms with E-state index in [1.54, 1.807) is 0 Å². The van der Waals surface area contributed by atoms with Gasteiger partial charge in [-0.05, 0) is 33.2 Å². The molecule has 0 aromatic heterocycles. The van der Waals surface area contributed by atoms with Gasteiger partial charge in [-0.25, -0.2) is 0 Å². The van der Waals surface area contributed by atoms with Crippen LogP contribution in [-0.4, -0.2) is 73.3 Å². The molecule has 5 nitrogen and oxygen atoms in total. The van der Waals surface area contributed by atoms with Gasteiger partial charge in [0, 0.05) is 19.1 Å². The summed E-state index contributed by atoms with van der Waals surface area (Å²) >= 11 is 0. The van der Waals surface area contributed by atoms with E-state index in [0.29, 0.717) is 38.3 Å². The van der Waals surface area contributed by atoms with Crippen LogP contribution in [0.5, 0.6) is 0 Å². The Hall–Kier alpha value is -0.650. The zero-order valence-electron chi connectivity index (χ0n) is 13.7. The average molecular weight is 298 g/mol. The van der Waals surface area contributed by atoms with Gasteiger partial charge in [-0.2, -0.15) is 0 Å². The zero-order valence-corrected chi connectivity index (χ0v) is 13.7. The summed E-state index contributed by atoms with van der Waals surface area (Å²) in [6.07, 6.45) is 3.07. The quantitative estimate of drug-likeness (QED) is 0.605. The first-order chi connectivity index (χ1) is 10.1. The first-order valence-corrected chi connectivity index (χ1v) is 8.36. The van der Waals surface area contributed by atoms with Gasteiger partial charge in [0.1, 0.15) is 0 Å². The van der Waals surface area contributed by atoms with Crippen molar-refractivity contribution in [3.05, 3.63) is 0 Å². The third-order valence-corrected chi connectivity index (χ3v) is 4.37. The molecular formula is C16H30N2O3. The smallest absolute Gasteiger partial charge is 0.225 e. The number of ether oxygens (including phenoxy) is 2. The van der Waals surface area contributed by atoms with Crippen LogP contribution in [0, 0.1) is 0 Å². The Bertz CT molecular complexity index is 335. The highest BCUT2D eigenvalue weighted by molar-refractivity contribution is 5.77. The monoisotopic (exact) mass is 298 g/mol. The molecule has 0 aromatic carbocycles. The van der Waals surface area contributed by atoms with Gasteiger partial charge in [0.05, 0.1) is 38.4 Å². The second-order valence-corrected chi connectivity index (χ2v) is 6.29. The molecule has 2 aliphatic heterocycles. The molecule has 2 fully saturated rings. The molecule has 0 radical (unpaired) electrons. The van der Waals surface area contributed by atoms with E-state index in [2.05, 4.69) is 16.7 Å². The van der Waals surface area contributed by atoms with E-state index in [1.807, 2.05) is 13.8 Å². The number of amides is 1. The highest BCUT2D eigenvalue weighted by atomic mass is 16.5. The van der Waals surface area contributed by atoms with E-state index in [-0.39, 0.29) is 12.0 Å². The van der Waals surface area contributed by atoms with E-state index in [4.69, 9.17) is 9.47 Å². The van der Waals surface area contributed by atoms with Crippen molar-refractivity contribution in [3.63, 3.8) is 0 Å². The summed E-state index contributed by atoms with van der Waals surface area (Å²) in [5, 5.41) is 0. The first-order valence-electron chi connectivity index (χ1n) is 8.36. The highest BCUT2D eigenvalue weighted by Gasteiger charge is 2.47. The predicted molar refractivity (Wildman–Crippen MR) is 82.3 cm³/mol. The van der Waals surface area contributed by atoms with Gasteiger partial charge < -0.3 is 14.4 Å². The summed E-state index contributed by atoms with van der Waals surface area (Å²) in [5.74, 6) is 0.253. The SMILES string of the molecule is CCCN1CC2C1CCN2C(=O)CCOCCOC(C)C. The van der Waals surface area contributed by atoms with Crippen LogP contribution in [0.1, 0.15) is 40.0 Å². The van der Waals surface area contributed by atoms with Crippen LogP contribution >= 0.6 is 0 Å². The second-order valence-electron chi connectivity index (χ2n) is 6.29. The van der Waals surface area contributed by atoms with Crippen molar-refractivity contribution < 1.29 is 14.3 Å². The van der Waals surface area contributed by atoms with E-state index >= 15 is 0 Å². The minimum Gasteiger partial charge on any atom is -0.379 e. The molecule has 2 atom stereocenters. The van der Waals surface area contributed by atoms with Gasteiger partial charge in [-0.3, -0.25) is 9.69 Å². The topological polar surface area (TPSA) is 42.0 Å². The summed E-state index contributed by atoms with van der Waals surface area (Å²) in [7, 11) is 0. The number of carbonyl (C=O) groups excluding carboxylic acids is 1. The highest BCUT2D eigenvalue weighted by Crippen LogP contribution is 2.32. The number of carbonyl (C=O) groups is 1. The number of hydrogen-bond acceptors (Lipinski definition) is 4. The molecule has 0 saturated carbocycles. The van der Waals surface area contributed by atoms with Gasteiger partial charge in [0.2, 0.25) is 5.91 Å². The fourth-order valence-corrected chi connectivity index (χ4v) is 3.32. The molecule has 2 rings (SSSR count). The number of nitrogens with zero attached hydrogens (tertiary/aromatic N) is 2. The Labute approximate surface area is 128 Å². The van der Waals surface area contributed by atoms with Gasteiger partial charge in [0.15, 0.2) is 0 Å². The Morgan fingerprint density at radius 2 is 2.05 bits per heavy atom. The van der Waals surface area contributed by atoms with Crippen molar-refractivity contribution in [2.24, 2.45) is 0 Å². The van der Waals surface area contributed by atoms with Crippen LogP contribution in [0.4, 0.5) is 0 Å². The summed E-state index contributed by atoms with van der Waals surface area (Å²) in [4.78, 5) is 16.8. The van der Waals surface area contributed by atoms with E-state index in [0.717, 1.165) is 19.5 Å². The lowest BCUT2D eigenvalue weighted by Gasteiger charge is -2.46. The van der Waals surface area contributed by atoms with Crippen molar-refractivity contribution in [3.8, 4) is 0 Å². The maximum absolute atomic E-state index is 12.2. The fourth-order valence-electron chi connectivity index (χ4n) is 3.32. The van der Waals surface area contributed by atoms with Gasteiger partial charge >= 0.3 is 0 Å². The second kappa shape index (κ2) is 8.11. The van der Waals surface area contributed by atoms with Crippen molar-refractivity contribution in [1.29, 1.82) is 0 Å². The van der Waals surface area contributed by atoms with Crippen LogP contribution in [0.25, 0.3) is 0 Å². The normalized spacial score (nSPS) is 25.2. The van der Waals surface area contributed by atoms with Gasteiger partial charge in [-0.1, -0.05) is 6.92 Å². The Morgan fingerprint density at radius 1 is 1.24 bits per heavy atom. The molecule has 2 aliphatic rings. The lowest BCUT2D eigenvalue weighted by Crippen LogP contribution is -2.62. The molecule has 2 heterocycles. The molecule has 0 spiro atoms. The third-order valence-electron chi connectivity index (χ3n) is 4.37. The predicted octanol–water partition coefficient (Wildman–Crippen LogP) is 1.51. The van der Waals surface area contributed by atoms with Gasteiger partial charge in [0.25, 0.3) is 0 Å². The maximum Gasteiger partial charge on any atom is 0.225 e.